The first-order valence-electron chi connectivity index (χ1n) is 16.6. The zero-order valence-electron chi connectivity index (χ0n) is 31.9. The van der Waals surface area contributed by atoms with Gasteiger partial charge in [-0.25, -0.2) is 4.79 Å². The molecule has 1 N–H and O–H groups in total. The lowest BCUT2D eigenvalue weighted by Gasteiger charge is -2.61. The highest BCUT2D eigenvalue weighted by Gasteiger charge is 2.74. The molecule has 2 bridgehead atoms. The number of fused-ring (bicyclic) bond motifs is 3. The van der Waals surface area contributed by atoms with Crippen LogP contribution in [0.3, 0.4) is 0 Å². The molecule has 3 aliphatic carbocycles. The van der Waals surface area contributed by atoms with Crippen LogP contribution in [0.4, 0.5) is 4.79 Å². The minimum Gasteiger partial charge on any atom is -0.426 e. The quantitative estimate of drug-likeness (QED) is 0.0873. The summed E-state index contributed by atoms with van der Waals surface area (Å²) in [4.78, 5) is 28.8. The van der Waals surface area contributed by atoms with Crippen molar-refractivity contribution in [3.05, 3.63) is 11.1 Å². The molecule has 29 atom stereocenters. The van der Waals surface area contributed by atoms with E-state index in [9.17, 15) is 14.7 Å². The molecule has 21 unspecified atom stereocenters. The van der Waals surface area contributed by atoms with Crippen molar-refractivity contribution in [1.29, 1.82) is 0 Å². The molecule has 0 radical (unpaired) electrons. The number of hydrogen-bond donors (Lipinski definition) is 1. The van der Waals surface area contributed by atoms with Gasteiger partial charge in [-0.2, -0.15) is 0 Å². The van der Waals surface area contributed by atoms with Gasteiger partial charge in [-0.05, 0) is 73.4 Å². The van der Waals surface area contributed by atoms with E-state index in [0.29, 0.717) is 20.8 Å². The van der Waals surface area contributed by atoms with Gasteiger partial charge in [0.25, 0.3) is 0 Å². The molecule has 4 rings (SSSR count). The summed E-state index contributed by atoms with van der Waals surface area (Å²) in [5.41, 5.74) is -0.745. The third-order valence-corrected chi connectivity index (χ3v) is 151. The fraction of sp³-hybridized carbons (Fsp3) is 0.800. The standard InChI is InChI=1S/C20H58O8P30/c1-8-10(26-48(56(44)52(36)37)58(54(40)41)55(42)43)7-20-16(24-17(23)25-20)14-15(22)9(21)5-12(28-46(49(30)31)50(32)33)19(14,4)6-11(13(8)18(20,2)3)27-47(51(34)35)57(45-29)53(38)39/h9-12,14,16,21,45H,5-7,29-44H2,1-4H3/t9-,10+,11-,12+,14+,16+,19-,20-,47?,48?,56?,57?/m1/s1. The zero-order valence-corrected chi connectivity index (χ0v) is 63.0. The van der Waals surface area contributed by atoms with Gasteiger partial charge in [0.2, 0.25) is 0 Å². The first-order chi connectivity index (χ1) is 26.7. The number of carbonyl (C=O) groups is 2. The Morgan fingerprint density at radius 3 is 1.71 bits per heavy atom. The Morgan fingerprint density at radius 1 is 0.707 bits per heavy atom. The maximum absolute atomic E-state index is 14.9. The van der Waals surface area contributed by atoms with Crippen molar-refractivity contribution in [1.82, 2.24) is 0 Å². The van der Waals surface area contributed by atoms with Gasteiger partial charge in [-0.3, -0.25) is 4.79 Å². The van der Waals surface area contributed by atoms with Crippen LogP contribution in [-0.2, 0) is 27.8 Å². The largest absolute Gasteiger partial charge is 0.509 e. The number of carbonyl (C=O) groups excluding carboxylic acids is 2. The van der Waals surface area contributed by atoms with Gasteiger partial charge in [0.1, 0.15) is 6.10 Å². The number of Topliss-reactive ketones (excluding diaryl/α,β-unsaturated/α-hetero) is 1. The van der Waals surface area contributed by atoms with E-state index in [0.717, 1.165) is 11.1 Å². The maximum atomic E-state index is 14.9. The average molecular weight is 1360 g/mol. The highest BCUT2D eigenvalue weighted by atomic mass is 33.2. The van der Waals surface area contributed by atoms with E-state index in [-0.39, 0.29) is 12.2 Å². The fourth-order valence-electron chi connectivity index (χ4n) is 8.12. The van der Waals surface area contributed by atoms with E-state index < -0.39 is 151 Å². The molecule has 58 heavy (non-hydrogen) atoms. The van der Waals surface area contributed by atoms with Crippen LogP contribution in [0.15, 0.2) is 11.1 Å². The molecule has 38 heteroatoms. The summed E-state index contributed by atoms with van der Waals surface area (Å²) in [6.45, 7) is 3.37. The number of aliphatic hydroxyl groups excluding tert-OH is 1. The molecule has 0 aromatic carbocycles. The van der Waals surface area contributed by atoms with Gasteiger partial charge in [-0.15, -0.1) is 134 Å². The molecule has 4 aliphatic rings. The Hall–Kier alpha value is 11.4. The van der Waals surface area contributed by atoms with Crippen LogP contribution >= 0.6 is 243 Å². The van der Waals surface area contributed by atoms with Crippen molar-refractivity contribution in [2.24, 2.45) is 16.7 Å². The first-order valence-corrected chi connectivity index (χ1v) is 68.8. The fourth-order valence-corrected chi connectivity index (χ4v) is 203. The lowest BCUT2D eigenvalue weighted by atomic mass is 9.48. The summed E-state index contributed by atoms with van der Waals surface area (Å²) < 4.78 is 35.7. The SMILES string of the molecule is CC1=C2[C@H](OP(P(P)P)P(PP)P(P)P)C[C@]3(C)[C@@H](OP(P(P)P)P(P)P)C[C@@H](O)C(=O)[C@H]3[C@@H]3OC(=O)O[C@@]3(C[C@@H]1OP(P(P)P(P)P)P(P(P)P)P(P)P)C2(C)C. The highest BCUT2D eigenvalue weighted by Crippen LogP contribution is 3.18. The van der Waals surface area contributed by atoms with Gasteiger partial charge in [-0.1, -0.05) is 37.7 Å². The molecule has 0 amide bonds. The van der Waals surface area contributed by atoms with Crippen LogP contribution in [0.5, 0.6) is 0 Å². The van der Waals surface area contributed by atoms with Gasteiger partial charge in [0, 0.05) is 44.6 Å². The second kappa shape index (κ2) is 27.0. The Balaban J connectivity index is 2.10. The molecule has 336 valence electrons. The summed E-state index contributed by atoms with van der Waals surface area (Å²) in [6.07, 6.45) is -3.38. The summed E-state index contributed by atoms with van der Waals surface area (Å²) in [5, 5.41) is 11.8. The summed E-state index contributed by atoms with van der Waals surface area (Å²) in [6, 6.07) is 0. The van der Waals surface area contributed by atoms with E-state index in [1.54, 1.807) is 0 Å². The number of aliphatic hydroxyl groups is 1. The number of hydrogen-bond acceptors (Lipinski definition) is 8. The smallest absolute Gasteiger partial charge is 0.426 e. The lowest BCUT2D eigenvalue weighted by Crippen LogP contribution is -2.69. The molecule has 2 saturated carbocycles. The molecule has 1 aliphatic heterocycles. The van der Waals surface area contributed by atoms with Gasteiger partial charge < -0.3 is 28.2 Å². The maximum Gasteiger partial charge on any atom is 0.509 e. The summed E-state index contributed by atoms with van der Waals surface area (Å²) in [7, 11) is 46.7. The lowest BCUT2D eigenvalue weighted by molar-refractivity contribution is -0.185. The topological polar surface area (TPSA) is 101 Å². The van der Waals surface area contributed by atoms with Crippen molar-refractivity contribution in [3.63, 3.8) is 0 Å². The third kappa shape index (κ3) is 14.1. The second-order valence-corrected chi connectivity index (χ2v) is 121. The van der Waals surface area contributed by atoms with Crippen LogP contribution in [0.25, 0.3) is 0 Å². The molecular weight excluding hydrogens is 1300 g/mol. The van der Waals surface area contributed by atoms with E-state index in [1.807, 2.05) is 0 Å². The molecule has 1 spiro atoms. The van der Waals surface area contributed by atoms with E-state index >= 15 is 0 Å². The number of ether oxygens (including phenoxy) is 2. The second-order valence-electron chi connectivity index (χ2n) is 14.3. The molecule has 0 aromatic heterocycles. The van der Waals surface area contributed by atoms with Crippen LogP contribution in [0.2, 0.25) is 0 Å². The van der Waals surface area contributed by atoms with E-state index in [1.165, 1.54) is 0 Å². The van der Waals surface area contributed by atoms with Gasteiger partial charge >= 0.3 is 6.16 Å². The third-order valence-electron chi connectivity index (χ3n) is 10.6. The van der Waals surface area contributed by atoms with Crippen molar-refractivity contribution in [2.45, 2.75) is 83.1 Å². The Labute approximate surface area is 400 Å². The minimum absolute atomic E-state index is 0.172. The highest BCUT2D eigenvalue weighted by molar-refractivity contribution is 9.19. The van der Waals surface area contributed by atoms with E-state index in [4.69, 9.17) is 23.0 Å². The molecular formula is C20H58O8P30. The molecule has 3 fully saturated rings. The van der Waals surface area contributed by atoms with E-state index in [2.05, 4.69) is 171 Å². The van der Waals surface area contributed by atoms with Crippen LogP contribution < -0.4 is 0 Å². The van der Waals surface area contributed by atoms with Crippen molar-refractivity contribution in [2.75, 3.05) is 0 Å². The molecule has 0 aromatic rings. The molecule has 1 saturated heterocycles. The van der Waals surface area contributed by atoms with Gasteiger partial charge in [0.15, 0.2) is 17.5 Å². The summed E-state index contributed by atoms with van der Waals surface area (Å²) in [5.74, 6) is -1.21. The number of rotatable bonds is 17. The number of ketones is 1. The minimum atomic E-state index is -1.28. The molecule has 1 heterocycles. The predicted octanol–water partition coefficient (Wildman–Crippen LogP) is 18.9. The first kappa shape index (κ1) is 62.0. The van der Waals surface area contributed by atoms with Gasteiger partial charge in [0.05, 0.1) is 46.8 Å². The monoisotopic (exact) mass is 1360 g/mol. The normalized spacial score (nSPS) is 33.8. The Kier molecular flexibility index (Phi) is 28.8. The molecule has 8 nitrogen and oxygen atoms in total. The predicted molar refractivity (Wildman–Crippen MR) is 345 cm³/mol. The average Bonchev–Trinajstić information content (AvgIpc) is 3.41. The van der Waals surface area contributed by atoms with Crippen LogP contribution in [0.1, 0.15) is 47.0 Å². The van der Waals surface area contributed by atoms with Crippen LogP contribution in [-0.4, -0.2) is 53.2 Å². The van der Waals surface area contributed by atoms with Crippen molar-refractivity contribution < 1.29 is 37.7 Å². The Bertz CT molecular complexity index is 1470. The Morgan fingerprint density at radius 2 is 1.24 bits per heavy atom. The zero-order chi connectivity index (χ0) is 44.1. The van der Waals surface area contributed by atoms with Crippen LogP contribution in [0, 0.1) is 16.7 Å². The van der Waals surface area contributed by atoms with Crippen molar-refractivity contribution >= 4 is 255 Å². The van der Waals surface area contributed by atoms with Crippen molar-refractivity contribution in [3.8, 4) is 0 Å². The summed E-state index contributed by atoms with van der Waals surface area (Å²) >= 11 is 0.